The molecule has 1 aromatic carbocycles. The van der Waals surface area contributed by atoms with Gasteiger partial charge in [0.1, 0.15) is 11.6 Å². The van der Waals surface area contributed by atoms with Gasteiger partial charge in [0.2, 0.25) is 11.8 Å². The van der Waals surface area contributed by atoms with Crippen molar-refractivity contribution in [3.8, 4) is 0 Å². The number of carbonyl (C=O) groups excluding carboxylic acids is 4. The second kappa shape index (κ2) is 11.2. The predicted molar refractivity (Wildman–Crippen MR) is 107 cm³/mol. The summed E-state index contributed by atoms with van der Waals surface area (Å²) in [5.41, 5.74) is 0.239. The molecule has 0 unspecified atom stereocenters. The van der Waals surface area contributed by atoms with E-state index in [0.717, 1.165) is 12.7 Å². The molecule has 0 bridgehead atoms. The van der Waals surface area contributed by atoms with Gasteiger partial charge in [-0.15, -0.1) is 0 Å². The van der Waals surface area contributed by atoms with Crippen LogP contribution in [-0.4, -0.2) is 42.5 Å². The van der Waals surface area contributed by atoms with Crippen molar-refractivity contribution in [2.45, 2.75) is 64.6 Å². The van der Waals surface area contributed by atoms with Crippen LogP contribution in [0.1, 0.15) is 58.6 Å². The van der Waals surface area contributed by atoms with Gasteiger partial charge in [0.15, 0.2) is 0 Å². The van der Waals surface area contributed by atoms with Crippen molar-refractivity contribution in [3.63, 3.8) is 0 Å². The van der Waals surface area contributed by atoms with Crippen molar-refractivity contribution in [2.24, 2.45) is 0 Å². The Labute approximate surface area is 171 Å². The molecule has 0 fully saturated rings. The van der Waals surface area contributed by atoms with E-state index in [1.165, 1.54) is 0 Å². The maximum Gasteiger partial charge on any atom is 0.328 e. The van der Waals surface area contributed by atoms with E-state index in [9.17, 15) is 19.2 Å². The number of methoxy groups -OCH3 is 1. The lowest BCUT2D eigenvalue weighted by atomic mass is 10.1. The molecule has 0 aromatic heterocycles. The van der Waals surface area contributed by atoms with Crippen LogP contribution < -0.4 is 10.6 Å². The highest BCUT2D eigenvalue weighted by Gasteiger charge is 2.27. The van der Waals surface area contributed by atoms with Crippen molar-refractivity contribution < 1.29 is 28.7 Å². The zero-order chi connectivity index (χ0) is 22.0. The average molecular weight is 406 g/mol. The Balaban J connectivity index is 2.52. The van der Waals surface area contributed by atoms with Gasteiger partial charge in [0.25, 0.3) is 0 Å². The third-order valence-electron chi connectivity index (χ3n) is 3.87. The molecule has 0 heterocycles. The van der Waals surface area contributed by atoms with Crippen LogP contribution in [0.15, 0.2) is 30.3 Å². The standard InChI is InChI=1S/C21H30N2O6/c1-14(15-9-7-6-8-10-15)22-17(24)11-12-18(25)23-16(20(27)28-5)13-19(26)29-21(2,3)4/h6-10,14,16H,11-13H2,1-5H3,(H,22,24)(H,23,25)/t14-,16-/m1/s1. The highest BCUT2D eigenvalue weighted by Crippen LogP contribution is 2.12. The van der Waals surface area contributed by atoms with Crippen molar-refractivity contribution in [1.29, 1.82) is 0 Å². The van der Waals surface area contributed by atoms with Crippen LogP contribution in [-0.2, 0) is 28.7 Å². The van der Waals surface area contributed by atoms with Gasteiger partial charge >= 0.3 is 11.9 Å². The normalized spacial score (nSPS) is 13.0. The molecule has 2 atom stereocenters. The predicted octanol–water partition coefficient (Wildman–Crippen LogP) is 2.03. The zero-order valence-electron chi connectivity index (χ0n) is 17.6. The van der Waals surface area contributed by atoms with Crippen LogP contribution in [0.25, 0.3) is 0 Å². The minimum Gasteiger partial charge on any atom is -0.467 e. The molecule has 0 saturated carbocycles. The molecule has 0 radical (unpaired) electrons. The summed E-state index contributed by atoms with van der Waals surface area (Å²) in [6.45, 7) is 6.95. The Morgan fingerprint density at radius 1 is 0.966 bits per heavy atom. The second-order valence-corrected chi connectivity index (χ2v) is 7.63. The summed E-state index contributed by atoms with van der Waals surface area (Å²) in [6, 6.07) is 8.07. The van der Waals surface area contributed by atoms with Gasteiger partial charge in [-0.05, 0) is 33.3 Å². The Bertz CT molecular complexity index is 712. The van der Waals surface area contributed by atoms with Gasteiger partial charge in [-0.2, -0.15) is 0 Å². The molecule has 29 heavy (non-hydrogen) atoms. The van der Waals surface area contributed by atoms with Crippen LogP contribution in [0.2, 0.25) is 0 Å². The highest BCUT2D eigenvalue weighted by molar-refractivity contribution is 5.89. The monoisotopic (exact) mass is 406 g/mol. The van der Waals surface area contributed by atoms with Crippen molar-refractivity contribution >= 4 is 23.8 Å². The molecule has 160 valence electrons. The Kier molecular flexibility index (Phi) is 9.31. The van der Waals surface area contributed by atoms with Gasteiger partial charge in [0.05, 0.1) is 19.6 Å². The first-order chi connectivity index (χ1) is 13.5. The summed E-state index contributed by atoms with van der Waals surface area (Å²) in [5.74, 6) is -2.22. The van der Waals surface area contributed by atoms with Crippen molar-refractivity contribution in [3.05, 3.63) is 35.9 Å². The lowest BCUT2D eigenvalue weighted by Gasteiger charge is -2.22. The molecular formula is C21H30N2O6. The molecular weight excluding hydrogens is 376 g/mol. The van der Waals surface area contributed by atoms with Gasteiger partial charge in [-0.25, -0.2) is 4.79 Å². The number of esters is 2. The molecule has 8 heteroatoms. The van der Waals surface area contributed by atoms with Crippen LogP contribution in [0, 0.1) is 0 Å². The summed E-state index contributed by atoms with van der Waals surface area (Å²) < 4.78 is 9.80. The lowest BCUT2D eigenvalue weighted by Crippen LogP contribution is -2.44. The molecule has 1 aromatic rings. The van der Waals surface area contributed by atoms with E-state index in [1.54, 1.807) is 20.8 Å². The maximum absolute atomic E-state index is 12.1. The van der Waals surface area contributed by atoms with Crippen LogP contribution in [0.4, 0.5) is 0 Å². The van der Waals surface area contributed by atoms with E-state index in [2.05, 4.69) is 15.4 Å². The number of amides is 2. The molecule has 2 N–H and O–H groups in total. The molecule has 0 aliphatic heterocycles. The smallest absolute Gasteiger partial charge is 0.328 e. The molecule has 8 nitrogen and oxygen atoms in total. The van der Waals surface area contributed by atoms with E-state index >= 15 is 0 Å². The van der Waals surface area contributed by atoms with E-state index in [0.29, 0.717) is 0 Å². The Morgan fingerprint density at radius 2 is 1.52 bits per heavy atom. The van der Waals surface area contributed by atoms with E-state index < -0.39 is 29.5 Å². The first kappa shape index (κ1) is 24.1. The SMILES string of the molecule is COC(=O)[C@@H](CC(=O)OC(C)(C)C)NC(=O)CCC(=O)N[C@H](C)c1ccccc1. The topological polar surface area (TPSA) is 111 Å². The third kappa shape index (κ3) is 9.73. The number of ether oxygens (including phenoxy) is 2. The van der Waals surface area contributed by atoms with Crippen LogP contribution >= 0.6 is 0 Å². The zero-order valence-corrected chi connectivity index (χ0v) is 17.6. The minimum absolute atomic E-state index is 0.0522. The van der Waals surface area contributed by atoms with Crippen molar-refractivity contribution in [1.82, 2.24) is 10.6 Å². The largest absolute Gasteiger partial charge is 0.467 e. The number of benzene rings is 1. The highest BCUT2D eigenvalue weighted by atomic mass is 16.6. The molecule has 0 aliphatic carbocycles. The quantitative estimate of drug-likeness (QED) is 0.607. The number of nitrogens with one attached hydrogen (secondary N) is 2. The minimum atomic E-state index is -1.17. The summed E-state index contributed by atoms with van der Waals surface area (Å²) in [6.07, 6.45) is -0.536. The summed E-state index contributed by atoms with van der Waals surface area (Å²) in [5, 5.41) is 5.24. The Morgan fingerprint density at radius 3 is 2.03 bits per heavy atom. The molecule has 1 rings (SSSR count). The van der Waals surface area contributed by atoms with Crippen LogP contribution in [0.5, 0.6) is 0 Å². The lowest BCUT2D eigenvalue weighted by molar-refractivity contribution is -0.159. The fourth-order valence-electron chi connectivity index (χ4n) is 2.52. The summed E-state index contributed by atoms with van der Waals surface area (Å²) in [7, 11) is 1.16. The van der Waals surface area contributed by atoms with Gasteiger partial charge in [-0.3, -0.25) is 14.4 Å². The fourth-order valence-corrected chi connectivity index (χ4v) is 2.52. The fraction of sp³-hybridized carbons (Fsp3) is 0.524. The van der Waals surface area contributed by atoms with Gasteiger partial charge in [-0.1, -0.05) is 30.3 Å². The first-order valence-corrected chi connectivity index (χ1v) is 9.45. The third-order valence-corrected chi connectivity index (χ3v) is 3.87. The van der Waals surface area contributed by atoms with Crippen LogP contribution in [0.3, 0.4) is 0 Å². The van der Waals surface area contributed by atoms with Gasteiger partial charge < -0.3 is 20.1 Å². The molecule has 0 saturated heterocycles. The number of carbonyl (C=O) groups is 4. The summed E-state index contributed by atoms with van der Waals surface area (Å²) in [4.78, 5) is 48.0. The van der Waals surface area contributed by atoms with E-state index in [-0.39, 0.29) is 31.2 Å². The number of hydrogen-bond donors (Lipinski definition) is 2. The molecule has 0 aliphatic rings. The maximum atomic E-state index is 12.1. The number of rotatable bonds is 9. The van der Waals surface area contributed by atoms with E-state index in [4.69, 9.17) is 4.74 Å². The Hall–Kier alpha value is -2.90. The van der Waals surface area contributed by atoms with Gasteiger partial charge in [0, 0.05) is 12.8 Å². The first-order valence-electron chi connectivity index (χ1n) is 9.45. The average Bonchev–Trinajstić information content (AvgIpc) is 2.64. The second-order valence-electron chi connectivity index (χ2n) is 7.63. The summed E-state index contributed by atoms with van der Waals surface area (Å²) >= 11 is 0. The molecule has 2 amide bonds. The molecule has 0 spiro atoms. The number of hydrogen-bond acceptors (Lipinski definition) is 6. The van der Waals surface area contributed by atoms with Crippen molar-refractivity contribution in [2.75, 3.05) is 7.11 Å². The van der Waals surface area contributed by atoms with E-state index in [1.807, 2.05) is 37.3 Å².